The lowest BCUT2D eigenvalue weighted by Gasteiger charge is -2.18. The van der Waals surface area contributed by atoms with E-state index in [1.807, 2.05) is 26.0 Å². The molecule has 26 heavy (non-hydrogen) atoms. The molecule has 0 spiro atoms. The van der Waals surface area contributed by atoms with Crippen molar-refractivity contribution in [3.05, 3.63) is 64.2 Å². The number of likely N-dealkylation sites (N-methyl/N-ethyl adjacent to an activating group) is 1. The van der Waals surface area contributed by atoms with E-state index in [0.29, 0.717) is 12.1 Å². The van der Waals surface area contributed by atoms with Crippen molar-refractivity contribution in [2.75, 3.05) is 13.7 Å². The third kappa shape index (κ3) is 4.08. The van der Waals surface area contributed by atoms with Gasteiger partial charge in [0.05, 0.1) is 21.3 Å². The number of rotatable bonds is 5. The maximum absolute atomic E-state index is 12.3. The first-order chi connectivity index (χ1) is 12.4. The van der Waals surface area contributed by atoms with Crippen LogP contribution in [-0.4, -0.2) is 35.4 Å². The van der Waals surface area contributed by atoms with Gasteiger partial charge >= 0.3 is 5.97 Å². The van der Waals surface area contributed by atoms with Crippen LogP contribution in [-0.2, 0) is 16.1 Å². The van der Waals surface area contributed by atoms with Crippen molar-refractivity contribution in [1.29, 1.82) is 0 Å². The number of carbonyl (C=O) groups excluding carboxylic acids is 2. The molecule has 1 amide bonds. The predicted octanol–water partition coefficient (Wildman–Crippen LogP) is 3.73. The lowest BCUT2D eigenvalue weighted by Crippen LogP contribution is -2.31. The zero-order valence-corrected chi connectivity index (χ0v) is 15.8. The van der Waals surface area contributed by atoms with E-state index in [0.717, 1.165) is 21.3 Å². The zero-order valence-electron chi connectivity index (χ0n) is 15.0. The highest BCUT2D eigenvalue weighted by Gasteiger charge is 2.15. The fourth-order valence-electron chi connectivity index (χ4n) is 2.67. The number of hydrogen-bond donors (Lipinski definition) is 0. The van der Waals surface area contributed by atoms with Crippen molar-refractivity contribution in [2.45, 2.75) is 20.4 Å². The van der Waals surface area contributed by atoms with Gasteiger partial charge in [0.1, 0.15) is 0 Å². The number of thiazole rings is 1. The van der Waals surface area contributed by atoms with E-state index in [9.17, 15) is 9.59 Å². The average Bonchev–Trinajstić information content (AvgIpc) is 3.09. The van der Waals surface area contributed by atoms with Crippen LogP contribution >= 0.6 is 11.3 Å². The van der Waals surface area contributed by atoms with Gasteiger partial charge in [-0.05, 0) is 43.2 Å². The topological polar surface area (TPSA) is 59.5 Å². The molecule has 3 rings (SSSR count). The minimum absolute atomic E-state index is 0.239. The molecule has 0 N–H and O–H groups in total. The molecule has 2 aromatic carbocycles. The van der Waals surface area contributed by atoms with Gasteiger partial charge in [-0.15, -0.1) is 11.3 Å². The molecular weight excluding hydrogens is 348 g/mol. The molecule has 0 saturated carbocycles. The Bertz CT molecular complexity index is 965. The van der Waals surface area contributed by atoms with Crippen LogP contribution in [0.5, 0.6) is 0 Å². The van der Waals surface area contributed by atoms with Crippen LogP contribution in [0.4, 0.5) is 0 Å². The SMILES string of the molecule is Cc1ccc(CN(C)C(=O)COC(=O)c2ccc3ncsc3c2)c(C)c1. The second-order valence-electron chi connectivity index (χ2n) is 6.29. The smallest absolute Gasteiger partial charge is 0.338 e. The summed E-state index contributed by atoms with van der Waals surface area (Å²) < 4.78 is 6.09. The molecule has 134 valence electrons. The Labute approximate surface area is 156 Å². The average molecular weight is 368 g/mol. The lowest BCUT2D eigenvalue weighted by atomic mass is 10.1. The van der Waals surface area contributed by atoms with Crippen LogP contribution in [0.2, 0.25) is 0 Å². The largest absolute Gasteiger partial charge is 0.452 e. The zero-order chi connectivity index (χ0) is 18.7. The van der Waals surface area contributed by atoms with Gasteiger partial charge in [-0.1, -0.05) is 23.8 Å². The van der Waals surface area contributed by atoms with E-state index < -0.39 is 5.97 Å². The van der Waals surface area contributed by atoms with Gasteiger partial charge in [-0.25, -0.2) is 9.78 Å². The van der Waals surface area contributed by atoms with Gasteiger partial charge in [-0.3, -0.25) is 4.79 Å². The summed E-state index contributed by atoms with van der Waals surface area (Å²) in [5, 5.41) is 0. The molecule has 0 aliphatic heterocycles. The van der Waals surface area contributed by atoms with Crippen LogP contribution < -0.4 is 0 Å². The number of aromatic nitrogens is 1. The van der Waals surface area contributed by atoms with Crippen LogP contribution in [0.3, 0.4) is 0 Å². The molecule has 1 heterocycles. The Morgan fingerprint density at radius 3 is 2.73 bits per heavy atom. The molecule has 0 saturated heterocycles. The van der Waals surface area contributed by atoms with Crippen molar-refractivity contribution in [2.24, 2.45) is 0 Å². The molecule has 0 bridgehead atoms. The molecule has 0 aliphatic rings. The minimum Gasteiger partial charge on any atom is -0.452 e. The van der Waals surface area contributed by atoms with Gasteiger partial charge in [0, 0.05) is 13.6 Å². The maximum Gasteiger partial charge on any atom is 0.338 e. The summed E-state index contributed by atoms with van der Waals surface area (Å²) in [4.78, 5) is 30.2. The molecule has 1 aromatic heterocycles. The molecule has 0 aliphatic carbocycles. The molecular formula is C20H20N2O3S. The number of carbonyl (C=O) groups is 2. The van der Waals surface area contributed by atoms with E-state index in [1.54, 1.807) is 35.7 Å². The van der Waals surface area contributed by atoms with E-state index in [1.165, 1.54) is 16.9 Å². The van der Waals surface area contributed by atoms with Crippen LogP contribution in [0.15, 0.2) is 41.9 Å². The number of nitrogens with zero attached hydrogens (tertiary/aromatic N) is 2. The molecule has 0 unspecified atom stereocenters. The van der Waals surface area contributed by atoms with Gasteiger partial charge in [0.25, 0.3) is 5.91 Å². The normalized spacial score (nSPS) is 10.7. The summed E-state index contributed by atoms with van der Waals surface area (Å²) in [5.74, 6) is -0.745. The van der Waals surface area contributed by atoms with Gasteiger partial charge in [0.2, 0.25) is 0 Å². The first-order valence-electron chi connectivity index (χ1n) is 8.24. The number of ether oxygens (including phenoxy) is 1. The maximum atomic E-state index is 12.3. The fraction of sp³-hybridized carbons (Fsp3) is 0.250. The van der Waals surface area contributed by atoms with E-state index >= 15 is 0 Å². The lowest BCUT2D eigenvalue weighted by molar-refractivity contribution is -0.133. The first-order valence-corrected chi connectivity index (χ1v) is 9.12. The minimum atomic E-state index is -0.506. The number of benzene rings is 2. The quantitative estimate of drug-likeness (QED) is 0.644. The van der Waals surface area contributed by atoms with Crippen molar-refractivity contribution in [3.63, 3.8) is 0 Å². The second-order valence-corrected chi connectivity index (χ2v) is 7.18. The molecule has 3 aromatic rings. The third-order valence-corrected chi connectivity index (χ3v) is 5.02. The number of aryl methyl sites for hydroxylation is 2. The number of fused-ring (bicyclic) bond motifs is 1. The second kappa shape index (κ2) is 7.66. The molecule has 5 nitrogen and oxygen atoms in total. The van der Waals surface area contributed by atoms with E-state index in [-0.39, 0.29) is 12.5 Å². The van der Waals surface area contributed by atoms with Gasteiger partial charge in [-0.2, -0.15) is 0 Å². The predicted molar refractivity (Wildman–Crippen MR) is 102 cm³/mol. The van der Waals surface area contributed by atoms with Crippen LogP contribution in [0.25, 0.3) is 10.2 Å². The van der Waals surface area contributed by atoms with Crippen molar-refractivity contribution in [1.82, 2.24) is 9.88 Å². The highest BCUT2D eigenvalue weighted by molar-refractivity contribution is 7.16. The monoisotopic (exact) mass is 368 g/mol. The summed E-state index contributed by atoms with van der Waals surface area (Å²) in [6.45, 7) is 4.27. The molecule has 0 atom stereocenters. The summed E-state index contributed by atoms with van der Waals surface area (Å²) in [7, 11) is 1.71. The van der Waals surface area contributed by atoms with E-state index in [2.05, 4.69) is 11.1 Å². The van der Waals surface area contributed by atoms with Crippen molar-refractivity contribution in [3.8, 4) is 0 Å². The highest BCUT2D eigenvalue weighted by atomic mass is 32.1. The van der Waals surface area contributed by atoms with Crippen LogP contribution in [0, 0.1) is 13.8 Å². The van der Waals surface area contributed by atoms with Crippen LogP contribution in [0.1, 0.15) is 27.0 Å². The summed E-state index contributed by atoms with van der Waals surface area (Å²) in [6, 6.07) is 11.3. The molecule has 0 fully saturated rings. The summed E-state index contributed by atoms with van der Waals surface area (Å²) in [6.07, 6.45) is 0. The Balaban J connectivity index is 1.57. The highest BCUT2D eigenvalue weighted by Crippen LogP contribution is 2.19. The Kier molecular flexibility index (Phi) is 5.32. The summed E-state index contributed by atoms with van der Waals surface area (Å²) in [5.41, 5.74) is 6.40. The van der Waals surface area contributed by atoms with E-state index in [4.69, 9.17) is 4.74 Å². The number of amides is 1. The Morgan fingerprint density at radius 2 is 1.96 bits per heavy atom. The van der Waals surface area contributed by atoms with Gasteiger partial charge in [0.15, 0.2) is 6.61 Å². The fourth-order valence-corrected chi connectivity index (χ4v) is 3.39. The summed E-state index contributed by atoms with van der Waals surface area (Å²) >= 11 is 1.46. The third-order valence-electron chi connectivity index (χ3n) is 4.23. The Morgan fingerprint density at radius 1 is 1.15 bits per heavy atom. The van der Waals surface area contributed by atoms with Crippen molar-refractivity contribution >= 4 is 33.4 Å². The molecule has 6 heteroatoms. The van der Waals surface area contributed by atoms with Crippen molar-refractivity contribution < 1.29 is 14.3 Å². The first kappa shape index (κ1) is 18.1. The van der Waals surface area contributed by atoms with Gasteiger partial charge < -0.3 is 9.64 Å². The Hall–Kier alpha value is -2.73. The molecule has 0 radical (unpaired) electrons. The standard InChI is InChI=1S/C20H20N2O3S/c1-13-4-5-16(14(2)8-13)10-22(3)19(23)11-25-20(24)15-6-7-17-18(9-15)26-12-21-17/h4-9,12H,10-11H2,1-3H3. The number of hydrogen-bond acceptors (Lipinski definition) is 5. The number of esters is 1.